The van der Waals surface area contributed by atoms with E-state index in [1.807, 2.05) is 0 Å². The largest absolute Gasteiger partial charge is 0.381 e. The lowest BCUT2D eigenvalue weighted by Crippen LogP contribution is -2.45. The number of nitrogens with one attached hydrogen (secondary N) is 1. The zero-order chi connectivity index (χ0) is 14.7. The predicted octanol–water partition coefficient (Wildman–Crippen LogP) is 2.70. The second-order valence-electron chi connectivity index (χ2n) is 7.13. The molecule has 1 saturated heterocycles. The number of ether oxygens (including phenoxy) is 1. The highest BCUT2D eigenvalue weighted by atomic mass is 16.5. The molecule has 3 rings (SSSR count). The summed E-state index contributed by atoms with van der Waals surface area (Å²) in [7, 11) is 0. The molecule has 1 unspecified atom stereocenters. The van der Waals surface area contributed by atoms with Crippen LogP contribution in [0.4, 0.5) is 5.69 Å². The first-order valence-electron chi connectivity index (χ1n) is 8.30. The number of benzene rings is 1. The highest BCUT2D eigenvalue weighted by molar-refractivity contribution is 5.58. The maximum Gasteiger partial charge on any atom is 0.0552 e. The zero-order valence-electron chi connectivity index (χ0n) is 13.4. The monoisotopic (exact) mass is 288 g/mol. The van der Waals surface area contributed by atoms with E-state index in [-0.39, 0.29) is 5.41 Å². The van der Waals surface area contributed by atoms with E-state index < -0.39 is 0 Å². The summed E-state index contributed by atoms with van der Waals surface area (Å²) in [6, 6.07) is 8.85. The third-order valence-corrected chi connectivity index (χ3v) is 4.75. The molecular formula is C18H28N2O. The van der Waals surface area contributed by atoms with Crippen LogP contribution in [0.1, 0.15) is 25.8 Å². The van der Waals surface area contributed by atoms with Crippen LogP contribution in [0.2, 0.25) is 0 Å². The average Bonchev–Trinajstić information content (AvgIpc) is 3.07. The molecule has 2 aliphatic rings. The highest BCUT2D eigenvalue weighted by Gasteiger charge is 2.37. The van der Waals surface area contributed by atoms with Crippen molar-refractivity contribution in [3.63, 3.8) is 0 Å². The summed E-state index contributed by atoms with van der Waals surface area (Å²) in [6.07, 6.45) is 2.36. The zero-order valence-corrected chi connectivity index (χ0v) is 13.4. The number of anilines is 1. The molecule has 1 fully saturated rings. The Morgan fingerprint density at radius 1 is 1.33 bits per heavy atom. The molecule has 0 radical (unpaired) electrons. The number of rotatable bonds is 6. The molecule has 116 valence electrons. The average molecular weight is 288 g/mol. The fraction of sp³-hybridized carbons (Fsp3) is 0.667. The van der Waals surface area contributed by atoms with E-state index in [1.165, 1.54) is 24.1 Å². The normalized spacial score (nSPS) is 24.8. The van der Waals surface area contributed by atoms with Crippen molar-refractivity contribution in [2.45, 2.75) is 26.7 Å². The SMILES string of the molecule is CC(C)CNCC1(CN2CCc3ccccc32)CCOC1. The van der Waals surface area contributed by atoms with Gasteiger partial charge in [0.2, 0.25) is 0 Å². The molecular weight excluding hydrogens is 260 g/mol. The first kappa shape index (κ1) is 14.9. The smallest absolute Gasteiger partial charge is 0.0552 e. The summed E-state index contributed by atoms with van der Waals surface area (Å²) >= 11 is 0. The van der Waals surface area contributed by atoms with Crippen LogP contribution in [0, 0.1) is 11.3 Å². The number of para-hydroxylation sites is 1. The molecule has 21 heavy (non-hydrogen) atoms. The third-order valence-electron chi connectivity index (χ3n) is 4.75. The molecule has 2 heterocycles. The Kier molecular flexibility index (Phi) is 4.51. The van der Waals surface area contributed by atoms with Gasteiger partial charge in [0.25, 0.3) is 0 Å². The van der Waals surface area contributed by atoms with Crippen LogP contribution in [0.25, 0.3) is 0 Å². The molecule has 0 saturated carbocycles. The minimum atomic E-state index is 0.284. The minimum Gasteiger partial charge on any atom is -0.381 e. The van der Waals surface area contributed by atoms with Crippen molar-refractivity contribution < 1.29 is 4.74 Å². The van der Waals surface area contributed by atoms with E-state index in [4.69, 9.17) is 4.74 Å². The van der Waals surface area contributed by atoms with Crippen molar-refractivity contribution in [2.75, 3.05) is 44.3 Å². The van der Waals surface area contributed by atoms with Gasteiger partial charge < -0.3 is 15.0 Å². The standard InChI is InChI=1S/C18H28N2O/c1-15(2)11-19-12-18(8-10-21-14-18)13-20-9-7-16-5-3-4-6-17(16)20/h3-6,15,19H,7-14H2,1-2H3. The van der Waals surface area contributed by atoms with E-state index in [9.17, 15) is 0 Å². The van der Waals surface area contributed by atoms with E-state index in [2.05, 4.69) is 48.3 Å². The summed E-state index contributed by atoms with van der Waals surface area (Å²) in [5.74, 6) is 0.705. The van der Waals surface area contributed by atoms with Crippen LogP contribution in [-0.2, 0) is 11.2 Å². The maximum absolute atomic E-state index is 5.75. The molecule has 1 atom stereocenters. The van der Waals surface area contributed by atoms with Gasteiger partial charge in [0.1, 0.15) is 0 Å². The van der Waals surface area contributed by atoms with Gasteiger partial charge in [-0.1, -0.05) is 32.0 Å². The van der Waals surface area contributed by atoms with Crippen molar-refractivity contribution in [3.05, 3.63) is 29.8 Å². The second-order valence-corrected chi connectivity index (χ2v) is 7.13. The molecule has 1 N–H and O–H groups in total. The summed E-state index contributed by atoms with van der Waals surface area (Å²) in [6.45, 7) is 10.8. The van der Waals surface area contributed by atoms with Crippen molar-refractivity contribution in [1.82, 2.24) is 5.32 Å². The van der Waals surface area contributed by atoms with Crippen molar-refractivity contribution in [1.29, 1.82) is 0 Å². The van der Waals surface area contributed by atoms with Crippen LogP contribution in [0.15, 0.2) is 24.3 Å². The molecule has 0 aromatic heterocycles. The molecule has 1 aromatic carbocycles. The maximum atomic E-state index is 5.75. The topological polar surface area (TPSA) is 24.5 Å². The number of fused-ring (bicyclic) bond motifs is 1. The minimum absolute atomic E-state index is 0.284. The molecule has 1 aromatic rings. The quantitative estimate of drug-likeness (QED) is 0.871. The lowest BCUT2D eigenvalue weighted by atomic mass is 9.86. The fourth-order valence-corrected chi connectivity index (χ4v) is 3.57. The van der Waals surface area contributed by atoms with E-state index in [1.54, 1.807) is 0 Å². The number of hydrogen-bond donors (Lipinski definition) is 1. The van der Waals surface area contributed by atoms with Gasteiger partial charge in [-0.25, -0.2) is 0 Å². The van der Waals surface area contributed by atoms with Gasteiger partial charge in [-0.15, -0.1) is 0 Å². The first-order chi connectivity index (χ1) is 10.2. The Hall–Kier alpha value is -1.06. The summed E-state index contributed by atoms with van der Waals surface area (Å²) in [4.78, 5) is 2.57. The summed E-state index contributed by atoms with van der Waals surface area (Å²) in [5, 5.41) is 3.66. The highest BCUT2D eigenvalue weighted by Crippen LogP contribution is 2.34. The van der Waals surface area contributed by atoms with E-state index in [0.29, 0.717) is 5.92 Å². The van der Waals surface area contributed by atoms with Crippen molar-refractivity contribution in [3.8, 4) is 0 Å². The second kappa shape index (κ2) is 6.37. The van der Waals surface area contributed by atoms with Gasteiger partial charge in [-0.3, -0.25) is 0 Å². The van der Waals surface area contributed by atoms with Gasteiger partial charge in [0.05, 0.1) is 6.61 Å². The first-order valence-corrected chi connectivity index (χ1v) is 8.30. The third kappa shape index (κ3) is 3.41. The lowest BCUT2D eigenvalue weighted by Gasteiger charge is -2.34. The molecule has 3 nitrogen and oxygen atoms in total. The van der Waals surface area contributed by atoms with Crippen molar-refractivity contribution in [2.24, 2.45) is 11.3 Å². The molecule has 0 bridgehead atoms. The lowest BCUT2D eigenvalue weighted by molar-refractivity contribution is 0.151. The predicted molar refractivity (Wildman–Crippen MR) is 87.9 cm³/mol. The van der Waals surface area contributed by atoms with Crippen LogP contribution < -0.4 is 10.2 Å². The molecule has 0 amide bonds. The molecule has 0 spiro atoms. The van der Waals surface area contributed by atoms with Gasteiger partial charge in [0.15, 0.2) is 0 Å². The Balaban J connectivity index is 1.66. The van der Waals surface area contributed by atoms with Crippen molar-refractivity contribution >= 4 is 5.69 Å². The fourth-order valence-electron chi connectivity index (χ4n) is 3.57. The van der Waals surface area contributed by atoms with Gasteiger partial charge >= 0.3 is 0 Å². The molecule has 2 aliphatic heterocycles. The van der Waals surface area contributed by atoms with Crippen LogP contribution >= 0.6 is 0 Å². The van der Waals surface area contributed by atoms with Gasteiger partial charge in [-0.2, -0.15) is 0 Å². The van der Waals surface area contributed by atoms with Crippen LogP contribution in [0.3, 0.4) is 0 Å². The van der Waals surface area contributed by atoms with Crippen LogP contribution in [-0.4, -0.2) is 39.4 Å². The Morgan fingerprint density at radius 2 is 2.19 bits per heavy atom. The van der Waals surface area contributed by atoms with Gasteiger partial charge in [-0.05, 0) is 36.9 Å². The van der Waals surface area contributed by atoms with Crippen LogP contribution in [0.5, 0.6) is 0 Å². The Bertz CT molecular complexity index is 466. The Morgan fingerprint density at radius 3 is 2.95 bits per heavy atom. The summed E-state index contributed by atoms with van der Waals surface area (Å²) < 4.78 is 5.75. The number of nitrogens with zero attached hydrogens (tertiary/aromatic N) is 1. The van der Waals surface area contributed by atoms with E-state index in [0.717, 1.165) is 39.4 Å². The Labute approximate surface area is 128 Å². The number of hydrogen-bond acceptors (Lipinski definition) is 3. The molecule has 0 aliphatic carbocycles. The summed E-state index contributed by atoms with van der Waals surface area (Å²) in [5.41, 5.74) is 3.22. The van der Waals surface area contributed by atoms with Gasteiger partial charge in [0, 0.05) is 37.3 Å². The molecule has 3 heteroatoms. The van der Waals surface area contributed by atoms with E-state index >= 15 is 0 Å².